The topological polar surface area (TPSA) is 58.6 Å². The lowest BCUT2D eigenvalue weighted by molar-refractivity contribution is -0.0310. The van der Waals surface area contributed by atoms with Gasteiger partial charge in [-0.05, 0) is 25.0 Å². The van der Waals surface area contributed by atoms with Crippen LogP contribution in [0.4, 0.5) is 4.39 Å². The molecule has 1 fully saturated rings. The highest BCUT2D eigenvalue weighted by molar-refractivity contribution is 5.98. The maximum Gasteiger partial charge on any atom is 0.254 e. The van der Waals surface area contributed by atoms with Crippen LogP contribution in [0, 0.1) is 5.82 Å². The number of fused-ring (bicyclic) bond motifs is 1. The second-order valence-corrected chi connectivity index (χ2v) is 4.59. The van der Waals surface area contributed by atoms with E-state index in [1.54, 1.807) is 6.07 Å². The van der Waals surface area contributed by atoms with Crippen LogP contribution in [-0.2, 0) is 4.74 Å². The first kappa shape index (κ1) is 10.7. The molecular formula is C12H12FNO3. The summed E-state index contributed by atoms with van der Waals surface area (Å²) in [4.78, 5) is 11.5. The summed E-state index contributed by atoms with van der Waals surface area (Å²) in [5.74, 6) is -0.805. The van der Waals surface area contributed by atoms with Gasteiger partial charge in [0.05, 0.1) is 17.8 Å². The number of benzene rings is 1. The highest BCUT2D eigenvalue weighted by Crippen LogP contribution is 2.37. The van der Waals surface area contributed by atoms with E-state index in [-0.39, 0.29) is 18.1 Å². The maximum absolute atomic E-state index is 13.6. The number of hydrogen-bond acceptors (Lipinski definition) is 3. The Morgan fingerprint density at radius 3 is 3.00 bits per heavy atom. The lowest BCUT2D eigenvalue weighted by Crippen LogP contribution is -2.26. The summed E-state index contributed by atoms with van der Waals surface area (Å²) >= 11 is 0. The standard InChI is InChI=1S/C12H12FNO3/c13-8-3-1-2-7-9(8)11(14-10(7)15)17-6-12(16)4-5-12/h1-3,11,16H,4-6H2,(H,14,15). The van der Waals surface area contributed by atoms with Crippen molar-refractivity contribution >= 4 is 5.91 Å². The lowest BCUT2D eigenvalue weighted by atomic mass is 10.1. The molecule has 5 heteroatoms. The van der Waals surface area contributed by atoms with E-state index in [1.165, 1.54) is 12.1 Å². The quantitative estimate of drug-likeness (QED) is 0.828. The van der Waals surface area contributed by atoms with Gasteiger partial charge in [0.2, 0.25) is 0 Å². The Labute approximate surface area is 97.4 Å². The molecular weight excluding hydrogens is 225 g/mol. The molecule has 17 heavy (non-hydrogen) atoms. The number of nitrogens with one attached hydrogen (secondary N) is 1. The fourth-order valence-electron chi connectivity index (χ4n) is 1.92. The van der Waals surface area contributed by atoms with Gasteiger partial charge in [-0.1, -0.05) is 6.07 Å². The SMILES string of the molecule is O=C1NC(OCC2(O)CC2)c2c(F)cccc21. The van der Waals surface area contributed by atoms with Crippen LogP contribution < -0.4 is 5.32 Å². The normalized spacial score (nSPS) is 24.4. The van der Waals surface area contributed by atoms with Gasteiger partial charge < -0.3 is 15.2 Å². The molecule has 1 amide bonds. The predicted molar refractivity (Wildman–Crippen MR) is 56.7 cm³/mol. The number of aliphatic hydroxyl groups is 1. The number of halogens is 1. The molecule has 1 aromatic carbocycles. The number of carbonyl (C=O) groups excluding carboxylic acids is 1. The summed E-state index contributed by atoms with van der Waals surface area (Å²) in [7, 11) is 0. The third kappa shape index (κ3) is 1.81. The molecule has 1 aliphatic carbocycles. The number of ether oxygens (including phenoxy) is 1. The minimum atomic E-state index is -0.789. The summed E-state index contributed by atoms with van der Waals surface area (Å²) in [6, 6.07) is 4.34. The predicted octanol–water partition coefficient (Wildman–Crippen LogP) is 1.11. The highest BCUT2D eigenvalue weighted by atomic mass is 19.1. The molecule has 4 nitrogen and oxygen atoms in total. The third-order valence-corrected chi connectivity index (χ3v) is 3.17. The van der Waals surface area contributed by atoms with Crippen molar-refractivity contribution in [3.05, 3.63) is 35.1 Å². The van der Waals surface area contributed by atoms with Crippen molar-refractivity contribution in [3.8, 4) is 0 Å². The number of amides is 1. The first-order chi connectivity index (χ1) is 8.09. The third-order valence-electron chi connectivity index (χ3n) is 3.17. The van der Waals surface area contributed by atoms with E-state index in [9.17, 15) is 14.3 Å². The van der Waals surface area contributed by atoms with Gasteiger partial charge in [0.25, 0.3) is 5.91 Å². The smallest absolute Gasteiger partial charge is 0.254 e. The molecule has 0 radical (unpaired) electrons. The van der Waals surface area contributed by atoms with Gasteiger partial charge >= 0.3 is 0 Å². The highest BCUT2D eigenvalue weighted by Gasteiger charge is 2.42. The molecule has 1 saturated carbocycles. The molecule has 1 unspecified atom stereocenters. The van der Waals surface area contributed by atoms with E-state index in [2.05, 4.69) is 5.32 Å². The summed E-state index contributed by atoms with van der Waals surface area (Å²) in [6.45, 7) is 0.117. The van der Waals surface area contributed by atoms with Crippen LogP contribution in [0.5, 0.6) is 0 Å². The Morgan fingerprint density at radius 2 is 2.29 bits per heavy atom. The van der Waals surface area contributed by atoms with Crippen molar-refractivity contribution in [1.29, 1.82) is 0 Å². The molecule has 0 spiro atoms. The van der Waals surface area contributed by atoms with Crippen LogP contribution in [0.1, 0.15) is 35.0 Å². The summed E-state index contributed by atoms with van der Waals surface area (Å²) < 4.78 is 19.0. The summed E-state index contributed by atoms with van der Waals surface area (Å²) in [5, 5.41) is 12.2. The summed E-state index contributed by atoms with van der Waals surface area (Å²) in [5.41, 5.74) is -0.238. The van der Waals surface area contributed by atoms with Crippen LogP contribution in [0.3, 0.4) is 0 Å². The zero-order chi connectivity index (χ0) is 12.0. The Hall–Kier alpha value is -1.46. The minimum Gasteiger partial charge on any atom is -0.387 e. The molecule has 0 bridgehead atoms. The van der Waals surface area contributed by atoms with Crippen LogP contribution in [0.25, 0.3) is 0 Å². The van der Waals surface area contributed by atoms with E-state index in [0.717, 1.165) is 0 Å². The van der Waals surface area contributed by atoms with Gasteiger partial charge in [0, 0.05) is 5.56 Å². The minimum absolute atomic E-state index is 0.117. The molecule has 0 saturated heterocycles. The molecule has 1 heterocycles. The van der Waals surface area contributed by atoms with E-state index < -0.39 is 17.6 Å². The van der Waals surface area contributed by atoms with Crippen LogP contribution in [-0.4, -0.2) is 23.2 Å². The van der Waals surface area contributed by atoms with E-state index in [4.69, 9.17) is 4.74 Å². The lowest BCUT2D eigenvalue weighted by Gasteiger charge is -2.16. The zero-order valence-corrected chi connectivity index (χ0v) is 9.07. The maximum atomic E-state index is 13.6. The number of rotatable bonds is 3. The largest absolute Gasteiger partial charge is 0.387 e. The van der Waals surface area contributed by atoms with Gasteiger partial charge in [-0.25, -0.2) is 4.39 Å². The van der Waals surface area contributed by atoms with Crippen LogP contribution in [0.15, 0.2) is 18.2 Å². The first-order valence-corrected chi connectivity index (χ1v) is 5.52. The molecule has 0 aromatic heterocycles. The Kier molecular flexibility index (Phi) is 2.21. The molecule has 1 atom stereocenters. The van der Waals surface area contributed by atoms with Gasteiger partial charge in [0.15, 0.2) is 6.23 Å². The molecule has 1 aliphatic heterocycles. The monoisotopic (exact) mass is 237 g/mol. The fraction of sp³-hybridized carbons (Fsp3) is 0.417. The molecule has 2 aliphatic rings. The van der Waals surface area contributed by atoms with Crippen molar-refractivity contribution in [1.82, 2.24) is 5.32 Å². The molecule has 3 rings (SSSR count). The molecule has 90 valence electrons. The average Bonchev–Trinajstić information content (AvgIpc) is 2.94. The number of carbonyl (C=O) groups is 1. The summed E-state index contributed by atoms with van der Waals surface area (Å²) in [6.07, 6.45) is 0.596. The van der Waals surface area contributed by atoms with Crippen LogP contribution >= 0.6 is 0 Å². The molecule has 1 aromatic rings. The second-order valence-electron chi connectivity index (χ2n) is 4.59. The first-order valence-electron chi connectivity index (χ1n) is 5.52. The van der Waals surface area contributed by atoms with E-state index in [0.29, 0.717) is 18.4 Å². The Balaban J connectivity index is 1.82. The van der Waals surface area contributed by atoms with Crippen LogP contribution in [0.2, 0.25) is 0 Å². The Bertz CT molecular complexity index is 485. The Morgan fingerprint density at radius 1 is 1.53 bits per heavy atom. The second kappa shape index (κ2) is 3.51. The van der Waals surface area contributed by atoms with E-state index in [1.807, 2.05) is 0 Å². The van der Waals surface area contributed by atoms with Crippen molar-refractivity contribution < 1.29 is 19.0 Å². The average molecular weight is 237 g/mol. The van der Waals surface area contributed by atoms with E-state index >= 15 is 0 Å². The number of hydrogen-bond donors (Lipinski definition) is 2. The fourth-order valence-corrected chi connectivity index (χ4v) is 1.92. The van der Waals surface area contributed by atoms with Gasteiger partial charge in [-0.3, -0.25) is 4.79 Å². The van der Waals surface area contributed by atoms with Gasteiger partial charge in [-0.2, -0.15) is 0 Å². The van der Waals surface area contributed by atoms with Crippen molar-refractivity contribution in [2.45, 2.75) is 24.7 Å². The molecule has 2 N–H and O–H groups in total. The van der Waals surface area contributed by atoms with Gasteiger partial charge in [0.1, 0.15) is 5.82 Å². The van der Waals surface area contributed by atoms with Crippen molar-refractivity contribution in [2.24, 2.45) is 0 Å². The van der Waals surface area contributed by atoms with Gasteiger partial charge in [-0.15, -0.1) is 0 Å². The van der Waals surface area contributed by atoms with Crippen molar-refractivity contribution in [3.63, 3.8) is 0 Å². The zero-order valence-electron chi connectivity index (χ0n) is 9.07. The van der Waals surface area contributed by atoms with Crippen molar-refractivity contribution in [2.75, 3.05) is 6.61 Å².